The second kappa shape index (κ2) is 5.14. The molecule has 8 heteroatoms. The molecule has 0 aliphatic heterocycles. The van der Waals surface area contributed by atoms with Gasteiger partial charge in [-0.2, -0.15) is 18.4 Å². The Balaban J connectivity index is 2.79. The summed E-state index contributed by atoms with van der Waals surface area (Å²) in [5.41, 5.74) is 0.00999. The molecule has 0 atom stereocenters. The van der Waals surface area contributed by atoms with E-state index in [0.29, 0.717) is 17.6 Å². The number of hydrogen-bond donors (Lipinski definition) is 0. The van der Waals surface area contributed by atoms with Crippen molar-refractivity contribution in [3.63, 3.8) is 0 Å². The molecule has 1 aromatic heterocycles. The topological polar surface area (TPSA) is 70.8 Å². The highest BCUT2D eigenvalue weighted by atomic mass is 32.2. The monoisotopic (exact) mass is 264 g/mol. The van der Waals surface area contributed by atoms with E-state index in [9.17, 15) is 17.2 Å². The zero-order valence-corrected chi connectivity index (χ0v) is 9.49. The fourth-order valence-corrected chi connectivity index (χ4v) is 3.06. The number of hydrogen-bond acceptors (Lipinski definition) is 5. The third kappa shape index (κ3) is 3.36. The molecule has 0 N–H and O–H groups in total. The smallest absolute Gasteiger partial charge is 0.223 e. The van der Waals surface area contributed by atoms with E-state index in [1.165, 1.54) is 0 Å². The van der Waals surface area contributed by atoms with E-state index in [0.717, 1.165) is 6.07 Å². The normalized spacial score (nSPS) is 10.8. The molecule has 0 saturated carbocycles. The summed E-state index contributed by atoms with van der Waals surface area (Å²) in [6, 6.07) is 2.83. The quantitative estimate of drug-likeness (QED) is 0.833. The van der Waals surface area contributed by atoms with Gasteiger partial charge >= 0.3 is 0 Å². The van der Waals surface area contributed by atoms with Crippen molar-refractivity contribution >= 4 is 21.4 Å². The van der Waals surface area contributed by atoms with Gasteiger partial charge in [0.1, 0.15) is 10.3 Å². The molecule has 1 aromatic rings. The number of sulfone groups is 1. The first-order valence-corrected chi connectivity index (χ1v) is 6.49. The van der Waals surface area contributed by atoms with Crippen LogP contribution in [0.1, 0.15) is 12.1 Å². The molecule has 0 saturated heterocycles. The lowest BCUT2D eigenvalue weighted by molar-refractivity contribution is 0.418. The van der Waals surface area contributed by atoms with Crippen LogP contribution in [0.3, 0.4) is 0 Å². The second-order valence-electron chi connectivity index (χ2n) is 2.74. The van der Waals surface area contributed by atoms with Crippen LogP contribution in [0.25, 0.3) is 0 Å². The van der Waals surface area contributed by atoms with Gasteiger partial charge in [-0.05, 0) is 24.0 Å². The molecule has 0 bridgehead atoms. The molecule has 0 aromatic carbocycles. The molecule has 0 amide bonds. The Bertz CT molecular complexity index is 539. The van der Waals surface area contributed by atoms with Crippen LogP contribution >= 0.6 is 11.5 Å². The van der Waals surface area contributed by atoms with Crippen LogP contribution in [0.4, 0.5) is 8.78 Å². The molecule has 0 spiro atoms. The summed E-state index contributed by atoms with van der Waals surface area (Å²) < 4.78 is 49.9. The minimum atomic E-state index is -3.62. The summed E-state index contributed by atoms with van der Waals surface area (Å²) in [4.78, 5) is 0. The molecular weight excluding hydrogens is 258 g/mol. The highest BCUT2D eigenvalue weighted by molar-refractivity contribution is 7.93. The van der Waals surface area contributed by atoms with Gasteiger partial charge in [0.15, 0.2) is 15.5 Å². The predicted molar refractivity (Wildman–Crippen MR) is 53.8 cm³/mol. The van der Waals surface area contributed by atoms with Gasteiger partial charge in [-0.15, -0.1) is 0 Å². The molecule has 1 heterocycles. The van der Waals surface area contributed by atoms with Gasteiger partial charge < -0.3 is 0 Å². The van der Waals surface area contributed by atoms with Crippen molar-refractivity contribution in [2.24, 2.45) is 0 Å². The van der Waals surface area contributed by atoms with Gasteiger partial charge in [-0.25, -0.2) is 8.42 Å². The van der Waals surface area contributed by atoms with Crippen molar-refractivity contribution in [3.05, 3.63) is 23.9 Å². The molecule has 16 heavy (non-hydrogen) atoms. The molecule has 86 valence electrons. The lowest BCUT2D eigenvalue weighted by Gasteiger charge is -1.96. The van der Waals surface area contributed by atoms with Crippen molar-refractivity contribution in [1.29, 1.82) is 5.26 Å². The lowest BCUT2D eigenvalue weighted by Crippen LogP contribution is -2.03. The summed E-state index contributed by atoms with van der Waals surface area (Å²) in [6.45, 7) is 0. The summed E-state index contributed by atoms with van der Waals surface area (Å²) in [6.07, 6.45) is -1.62. The number of halogens is 2. The zero-order valence-electron chi connectivity index (χ0n) is 7.85. The maximum absolute atomic E-state index is 11.7. The Morgan fingerprint density at radius 1 is 1.62 bits per heavy atom. The highest BCUT2D eigenvalue weighted by Gasteiger charge is 2.17. The first-order valence-electron chi connectivity index (χ1n) is 4.06. The van der Waals surface area contributed by atoms with Crippen LogP contribution in [0.15, 0.2) is 22.4 Å². The zero-order chi connectivity index (χ0) is 12.2. The molecule has 0 unspecified atom stereocenters. The summed E-state index contributed by atoms with van der Waals surface area (Å²) in [5, 5.41) is 8.46. The van der Waals surface area contributed by atoms with E-state index in [2.05, 4.69) is 4.37 Å². The van der Waals surface area contributed by atoms with Crippen molar-refractivity contribution in [2.45, 2.75) is 10.6 Å². The minimum Gasteiger partial charge on any atom is -0.223 e. The number of nitriles is 1. The van der Waals surface area contributed by atoms with Crippen molar-refractivity contribution in [1.82, 2.24) is 4.37 Å². The SMILES string of the molecule is N#Cc1cc(S(=O)(=O)CCC=C(F)F)sn1. The Hall–Kier alpha value is -1.33. The maximum Gasteiger partial charge on any atom is 0.266 e. The molecule has 0 fully saturated rings. The van der Waals surface area contributed by atoms with Crippen molar-refractivity contribution < 1.29 is 17.2 Å². The van der Waals surface area contributed by atoms with E-state index in [-0.39, 0.29) is 16.3 Å². The van der Waals surface area contributed by atoms with Crippen LogP contribution in [0.2, 0.25) is 0 Å². The Kier molecular flexibility index (Phi) is 4.09. The van der Waals surface area contributed by atoms with Gasteiger partial charge in [0.25, 0.3) is 6.08 Å². The van der Waals surface area contributed by atoms with Gasteiger partial charge in [-0.1, -0.05) is 0 Å². The van der Waals surface area contributed by atoms with Crippen LogP contribution in [-0.2, 0) is 9.84 Å². The van der Waals surface area contributed by atoms with E-state index in [1.807, 2.05) is 0 Å². The Labute approximate surface area is 94.9 Å². The molecule has 4 nitrogen and oxygen atoms in total. The Morgan fingerprint density at radius 2 is 2.31 bits per heavy atom. The van der Waals surface area contributed by atoms with E-state index in [1.54, 1.807) is 6.07 Å². The van der Waals surface area contributed by atoms with Crippen molar-refractivity contribution in [2.75, 3.05) is 5.75 Å². The highest BCUT2D eigenvalue weighted by Crippen LogP contribution is 2.18. The van der Waals surface area contributed by atoms with Gasteiger partial charge in [-0.3, -0.25) is 0 Å². The summed E-state index contributed by atoms with van der Waals surface area (Å²) in [5.74, 6) is -0.419. The molecular formula is C8H6F2N2O2S2. The number of rotatable bonds is 4. The fraction of sp³-hybridized carbons (Fsp3) is 0.250. The third-order valence-electron chi connectivity index (χ3n) is 1.59. The number of aromatic nitrogens is 1. The third-order valence-corrected chi connectivity index (χ3v) is 4.67. The minimum absolute atomic E-state index is 0.00999. The largest absolute Gasteiger partial charge is 0.266 e. The van der Waals surface area contributed by atoms with Crippen LogP contribution in [0, 0.1) is 11.3 Å². The predicted octanol–water partition coefficient (Wildman–Crippen LogP) is 1.96. The van der Waals surface area contributed by atoms with Gasteiger partial charge in [0, 0.05) is 6.07 Å². The van der Waals surface area contributed by atoms with E-state index >= 15 is 0 Å². The van der Waals surface area contributed by atoms with E-state index in [4.69, 9.17) is 5.26 Å². The molecule has 0 aliphatic rings. The number of nitrogens with zero attached hydrogens (tertiary/aromatic N) is 2. The first-order chi connectivity index (χ1) is 7.45. The summed E-state index contributed by atoms with van der Waals surface area (Å²) in [7, 11) is -3.62. The summed E-state index contributed by atoms with van der Waals surface area (Å²) >= 11 is 0.671. The average molecular weight is 264 g/mol. The molecule has 1 rings (SSSR count). The van der Waals surface area contributed by atoms with Crippen LogP contribution in [0.5, 0.6) is 0 Å². The number of allylic oxidation sites excluding steroid dienone is 1. The standard InChI is InChI=1S/C8H6F2N2O2S2/c9-7(10)2-1-3-16(13,14)8-4-6(5-11)12-15-8/h2,4H,1,3H2. The van der Waals surface area contributed by atoms with Gasteiger partial charge in [0.05, 0.1) is 5.75 Å². The molecule has 0 aliphatic carbocycles. The lowest BCUT2D eigenvalue weighted by atomic mass is 10.5. The van der Waals surface area contributed by atoms with E-state index < -0.39 is 21.7 Å². The second-order valence-corrected chi connectivity index (χ2v) is 5.89. The van der Waals surface area contributed by atoms with Crippen LogP contribution < -0.4 is 0 Å². The maximum atomic E-state index is 11.7. The molecule has 0 radical (unpaired) electrons. The fourth-order valence-electron chi connectivity index (χ4n) is 0.882. The van der Waals surface area contributed by atoms with Crippen LogP contribution in [-0.4, -0.2) is 18.5 Å². The Morgan fingerprint density at radius 3 is 2.81 bits per heavy atom. The van der Waals surface area contributed by atoms with Gasteiger partial charge in [0.2, 0.25) is 0 Å². The average Bonchev–Trinajstić information content (AvgIpc) is 2.65. The first kappa shape index (κ1) is 12.7. The van der Waals surface area contributed by atoms with Crippen molar-refractivity contribution in [3.8, 4) is 6.07 Å².